The van der Waals surface area contributed by atoms with Crippen LogP contribution >= 0.6 is 0 Å². The molecular weight excluding hydrogens is 156 g/mol. The number of ether oxygens (including phenoxy) is 1. The zero-order chi connectivity index (χ0) is 8.97. The molecule has 0 saturated carbocycles. The fraction of sp³-hybridized carbons (Fsp3) is 0.111. The van der Waals surface area contributed by atoms with Crippen molar-refractivity contribution in [2.24, 2.45) is 0 Å². The molecule has 63 valence electrons. The number of hydrogen-bond acceptors (Lipinski definition) is 3. The number of benzene rings is 1. The Morgan fingerprint density at radius 2 is 2.00 bits per heavy atom. The highest BCUT2D eigenvalue weighted by molar-refractivity contribution is 5.89. The third-order valence-electron chi connectivity index (χ3n) is 1.25. The summed E-state index contributed by atoms with van der Waals surface area (Å²) in [4.78, 5) is 11.0. The lowest BCUT2D eigenvalue weighted by atomic mass is 10.2. The fourth-order valence-electron chi connectivity index (χ4n) is 0.766. The molecule has 0 fully saturated rings. The third-order valence-corrected chi connectivity index (χ3v) is 1.25. The molecule has 1 aromatic rings. The normalized spacial score (nSPS) is 12.2. The molecule has 0 spiro atoms. The lowest BCUT2D eigenvalue weighted by molar-refractivity contribution is -0.0368. The summed E-state index contributed by atoms with van der Waals surface area (Å²) in [5.74, 6) is -0.571. The summed E-state index contributed by atoms with van der Waals surface area (Å²) >= 11 is 0. The number of carbonyl (C=O) groups excluding carboxylic acids is 1. The molecule has 3 heteroatoms. The fourth-order valence-corrected chi connectivity index (χ4v) is 0.766. The van der Waals surface area contributed by atoms with E-state index in [2.05, 4.69) is 11.7 Å². The van der Waals surface area contributed by atoms with Crippen LogP contribution in [0.1, 0.15) is 10.4 Å². The minimum absolute atomic E-state index is 0.403. The molecule has 0 heterocycles. The largest absolute Gasteiger partial charge is 0.432 e. The molecule has 0 aliphatic rings. The van der Waals surface area contributed by atoms with Crippen LogP contribution in [0.4, 0.5) is 0 Å². The van der Waals surface area contributed by atoms with Gasteiger partial charge in [0.15, 0.2) is 0 Å². The Labute approximate surface area is 70.6 Å². The van der Waals surface area contributed by atoms with E-state index in [1.807, 2.05) is 0 Å². The molecule has 0 bridgehead atoms. The van der Waals surface area contributed by atoms with Gasteiger partial charge in [-0.1, -0.05) is 18.2 Å². The van der Waals surface area contributed by atoms with Crippen molar-refractivity contribution in [1.82, 2.24) is 0 Å². The highest BCUT2D eigenvalue weighted by atomic mass is 16.6. The van der Waals surface area contributed by atoms with Gasteiger partial charge in [-0.25, -0.2) is 4.79 Å². The molecule has 0 saturated heterocycles. The van der Waals surface area contributed by atoms with Gasteiger partial charge in [0.1, 0.15) is 0 Å². The van der Waals surface area contributed by atoms with Gasteiger partial charge in [-0.2, -0.15) is 0 Å². The molecule has 1 radical (unpaired) electrons. The van der Waals surface area contributed by atoms with Crippen molar-refractivity contribution >= 4 is 5.97 Å². The van der Waals surface area contributed by atoms with Crippen molar-refractivity contribution in [3.63, 3.8) is 0 Å². The Morgan fingerprint density at radius 1 is 1.42 bits per heavy atom. The van der Waals surface area contributed by atoms with Crippen LogP contribution in [-0.2, 0) is 4.74 Å². The maximum atomic E-state index is 11.0. The molecule has 1 unspecified atom stereocenters. The van der Waals surface area contributed by atoms with Gasteiger partial charge in [0.05, 0.1) is 5.56 Å². The minimum Gasteiger partial charge on any atom is -0.432 e. The summed E-state index contributed by atoms with van der Waals surface area (Å²) in [6.07, 6.45) is -1.31. The van der Waals surface area contributed by atoms with Crippen LogP contribution in [-0.4, -0.2) is 17.4 Å². The van der Waals surface area contributed by atoms with Crippen LogP contribution in [0.15, 0.2) is 30.3 Å². The van der Waals surface area contributed by atoms with E-state index >= 15 is 0 Å². The first-order valence-corrected chi connectivity index (χ1v) is 3.47. The standard InChI is InChI=1S/C9H9O3/c1-7(10)12-9(11)8-5-3-2-4-6-8/h2-7,10H,1H2. The van der Waals surface area contributed by atoms with Gasteiger partial charge < -0.3 is 9.84 Å². The predicted octanol–water partition coefficient (Wildman–Crippen LogP) is 0.996. The average Bonchev–Trinajstić information content (AvgIpc) is 2.05. The zero-order valence-electron chi connectivity index (χ0n) is 6.43. The van der Waals surface area contributed by atoms with E-state index in [0.717, 1.165) is 0 Å². The molecule has 1 N–H and O–H groups in total. The molecule has 1 atom stereocenters. The van der Waals surface area contributed by atoms with Crippen molar-refractivity contribution in [3.8, 4) is 0 Å². The first kappa shape index (κ1) is 8.74. The van der Waals surface area contributed by atoms with Gasteiger partial charge in [-0.15, -0.1) is 0 Å². The molecule has 3 nitrogen and oxygen atoms in total. The van der Waals surface area contributed by atoms with Gasteiger partial charge in [-0.3, -0.25) is 0 Å². The van der Waals surface area contributed by atoms with Crippen molar-refractivity contribution in [2.75, 3.05) is 0 Å². The first-order chi connectivity index (χ1) is 5.70. The van der Waals surface area contributed by atoms with Gasteiger partial charge in [0, 0.05) is 6.92 Å². The van der Waals surface area contributed by atoms with Crippen LogP contribution in [0.2, 0.25) is 0 Å². The Kier molecular flexibility index (Phi) is 2.82. The first-order valence-electron chi connectivity index (χ1n) is 3.47. The molecule has 0 amide bonds. The molecule has 0 aromatic heterocycles. The van der Waals surface area contributed by atoms with E-state index in [0.29, 0.717) is 5.56 Å². The number of aliphatic hydroxyl groups is 1. The molecule has 12 heavy (non-hydrogen) atoms. The topological polar surface area (TPSA) is 46.5 Å². The van der Waals surface area contributed by atoms with Crippen molar-refractivity contribution in [3.05, 3.63) is 42.8 Å². The summed E-state index contributed by atoms with van der Waals surface area (Å²) in [5.41, 5.74) is 0.403. The third kappa shape index (κ3) is 2.36. The van der Waals surface area contributed by atoms with E-state index in [-0.39, 0.29) is 0 Å². The van der Waals surface area contributed by atoms with E-state index in [1.165, 1.54) is 0 Å². The number of esters is 1. The number of hydrogen-bond donors (Lipinski definition) is 1. The van der Waals surface area contributed by atoms with Gasteiger partial charge in [-0.05, 0) is 12.1 Å². The number of aliphatic hydroxyl groups excluding tert-OH is 1. The molecule has 1 aromatic carbocycles. The van der Waals surface area contributed by atoms with Gasteiger partial charge in [0.2, 0.25) is 6.29 Å². The van der Waals surface area contributed by atoms with Crippen molar-refractivity contribution in [2.45, 2.75) is 6.29 Å². The van der Waals surface area contributed by atoms with Crippen LogP contribution in [0, 0.1) is 6.92 Å². The zero-order valence-corrected chi connectivity index (χ0v) is 6.43. The van der Waals surface area contributed by atoms with Crippen LogP contribution in [0.5, 0.6) is 0 Å². The minimum atomic E-state index is -1.31. The SMILES string of the molecule is [CH2]C(O)OC(=O)c1ccccc1. The molecule has 0 aliphatic heterocycles. The van der Waals surface area contributed by atoms with E-state index in [4.69, 9.17) is 5.11 Å². The predicted molar refractivity (Wildman–Crippen MR) is 43.2 cm³/mol. The second kappa shape index (κ2) is 3.88. The highest BCUT2D eigenvalue weighted by Gasteiger charge is 2.07. The maximum absolute atomic E-state index is 11.0. The summed E-state index contributed by atoms with van der Waals surface area (Å²) < 4.78 is 4.44. The Morgan fingerprint density at radius 3 is 2.50 bits per heavy atom. The quantitative estimate of drug-likeness (QED) is 0.525. The smallest absolute Gasteiger partial charge is 0.340 e. The van der Waals surface area contributed by atoms with Gasteiger partial charge in [0.25, 0.3) is 0 Å². The van der Waals surface area contributed by atoms with Crippen LogP contribution in [0.25, 0.3) is 0 Å². The highest BCUT2D eigenvalue weighted by Crippen LogP contribution is 2.01. The average molecular weight is 165 g/mol. The Hall–Kier alpha value is -1.35. The van der Waals surface area contributed by atoms with Crippen molar-refractivity contribution < 1.29 is 14.6 Å². The lowest BCUT2D eigenvalue weighted by Gasteiger charge is -2.05. The molecule has 1 rings (SSSR count). The second-order valence-electron chi connectivity index (χ2n) is 2.23. The van der Waals surface area contributed by atoms with E-state index in [9.17, 15) is 4.79 Å². The summed E-state index contributed by atoms with van der Waals surface area (Å²) in [5, 5.41) is 8.63. The van der Waals surface area contributed by atoms with Crippen LogP contribution < -0.4 is 0 Å². The van der Waals surface area contributed by atoms with E-state index < -0.39 is 12.3 Å². The summed E-state index contributed by atoms with van der Waals surface area (Å²) in [6.45, 7) is 3.12. The Bertz CT molecular complexity index is 254. The monoisotopic (exact) mass is 165 g/mol. The molecule has 0 aliphatic carbocycles. The second-order valence-corrected chi connectivity index (χ2v) is 2.23. The lowest BCUT2D eigenvalue weighted by Crippen LogP contribution is -2.13. The summed E-state index contributed by atoms with van der Waals surface area (Å²) in [6, 6.07) is 8.42. The Balaban J connectivity index is 2.66. The number of rotatable bonds is 2. The molecular formula is C9H9O3. The summed E-state index contributed by atoms with van der Waals surface area (Å²) in [7, 11) is 0. The van der Waals surface area contributed by atoms with Crippen LogP contribution in [0.3, 0.4) is 0 Å². The number of carbonyl (C=O) groups is 1. The maximum Gasteiger partial charge on any atom is 0.340 e. The van der Waals surface area contributed by atoms with E-state index in [1.54, 1.807) is 30.3 Å². The van der Waals surface area contributed by atoms with Gasteiger partial charge >= 0.3 is 5.97 Å². The van der Waals surface area contributed by atoms with Crippen molar-refractivity contribution in [1.29, 1.82) is 0 Å².